The highest BCUT2D eigenvalue weighted by molar-refractivity contribution is 7.92. The van der Waals surface area contributed by atoms with E-state index >= 15 is 0 Å². The number of primary amides is 1. The minimum absolute atomic E-state index is 0.0229. The van der Waals surface area contributed by atoms with Crippen LogP contribution in [0.25, 0.3) is 0 Å². The van der Waals surface area contributed by atoms with Crippen molar-refractivity contribution in [3.63, 3.8) is 0 Å². The van der Waals surface area contributed by atoms with E-state index in [0.717, 1.165) is 12.1 Å². The maximum absolute atomic E-state index is 12.4. The number of nitrogens with one attached hydrogen (secondary N) is 1. The van der Waals surface area contributed by atoms with Crippen molar-refractivity contribution in [2.45, 2.75) is 11.8 Å². The number of nitrogens with two attached hydrogens (primary N) is 1. The Labute approximate surface area is 132 Å². The van der Waals surface area contributed by atoms with E-state index in [9.17, 15) is 23.3 Å². The fourth-order valence-electron chi connectivity index (χ4n) is 1.99. The van der Waals surface area contributed by atoms with Gasteiger partial charge in [0.1, 0.15) is 0 Å². The van der Waals surface area contributed by atoms with E-state index in [1.54, 1.807) is 12.1 Å². The molecule has 9 heteroatoms. The molecule has 0 unspecified atom stereocenters. The van der Waals surface area contributed by atoms with Crippen LogP contribution in [-0.4, -0.2) is 19.2 Å². The molecule has 1 amide bonds. The SMILES string of the molecule is Cc1cc(S(=O)(=O)Nc2ccccc2C(N)=O)ccc1[N+](=O)[O-]. The fraction of sp³-hybridized carbons (Fsp3) is 0.0714. The standard InChI is InChI=1S/C14H13N3O5S/c1-9-8-10(6-7-13(9)17(19)20)23(21,22)16-12-5-3-2-4-11(12)14(15)18/h2-8,16H,1H3,(H2,15,18). The van der Waals surface area contributed by atoms with Gasteiger partial charge >= 0.3 is 0 Å². The molecule has 0 aliphatic heterocycles. The highest BCUT2D eigenvalue weighted by Gasteiger charge is 2.20. The number of benzene rings is 2. The molecule has 0 spiro atoms. The first kappa shape index (κ1) is 16.4. The fourth-order valence-corrected chi connectivity index (χ4v) is 3.16. The molecule has 2 aromatic rings. The van der Waals surface area contributed by atoms with Crippen LogP contribution in [-0.2, 0) is 10.0 Å². The molecular weight excluding hydrogens is 322 g/mol. The number of anilines is 1. The van der Waals surface area contributed by atoms with Crippen molar-refractivity contribution in [3.05, 3.63) is 63.7 Å². The average molecular weight is 335 g/mol. The molecule has 0 radical (unpaired) electrons. The summed E-state index contributed by atoms with van der Waals surface area (Å²) in [6, 6.07) is 9.31. The van der Waals surface area contributed by atoms with Crippen LogP contribution in [0.2, 0.25) is 0 Å². The average Bonchev–Trinajstić information content (AvgIpc) is 2.46. The highest BCUT2D eigenvalue weighted by Crippen LogP contribution is 2.24. The van der Waals surface area contributed by atoms with Gasteiger partial charge in [0.05, 0.1) is 21.1 Å². The van der Waals surface area contributed by atoms with Gasteiger partial charge < -0.3 is 5.73 Å². The minimum atomic E-state index is -4.01. The Kier molecular flexibility index (Phi) is 4.32. The van der Waals surface area contributed by atoms with E-state index in [1.165, 1.54) is 25.1 Å². The third-order valence-electron chi connectivity index (χ3n) is 3.11. The van der Waals surface area contributed by atoms with Gasteiger partial charge in [-0.1, -0.05) is 12.1 Å². The number of amides is 1. The molecule has 0 aliphatic rings. The topological polar surface area (TPSA) is 132 Å². The first-order valence-electron chi connectivity index (χ1n) is 6.39. The minimum Gasteiger partial charge on any atom is -0.366 e. The van der Waals surface area contributed by atoms with Gasteiger partial charge in [-0.2, -0.15) is 0 Å². The summed E-state index contributed by atoms with van der Waals surface area (Å²) in [6.45, 7) is 1.44. The van der Waals surface area contributed by atoms with Crippen LogP contribution in [0.3, 0.4) is 0 Å². The van der Waals surface area contributed by atoms with E-state index in [2.05, 4.69) is 4.72 Å². The van der Waals surface area contributed by atoms with Crippen LogP contribution < -0.4 is 10.5 Å². The maximum atomic E-state index is 12.4. The lowest BCUT2D eigenvalue weighted by Crippen LogP contribution is -2.18. The number of hydrogen-bond acceptors (Lipinski definition) is 5. The molecule has 2 aromatic carbocycles. The second-order valence-corrected chi connectivity index (χ2v) is 6.40. The van der Waals surface area contributed by atoms with E-state index in [1.807, 2.05) is 0 Å². The summed E-state index contributed by atoms with van der Waals surface area (Å²) in [7, 11) is -4.01. The van der Waals surface area contributed by atoms with Crippen molar-refractivity contribution in [2.75, 3.05) is 4.72 Å². The summed E-state index contributed by atoms with van der Waals surface area (Å²) in [5.41, 5.74) is 5.29. The quantitative estimate of drug-likeness (QED) is 0.635. The first-order chi connectivity index (χ1) is 10.7. The Balaban J connectivity index is 2.42. The van der Waals surface area contributed by atoms with Crippen LogP contribution in [0.15, 0.2) is 47.4 Å². The predicted octanol–water partition coefficient (Wildman–Crippen LogP) is 1.80. The number of rotatable bonds is 5. The van der Waals surface area contributed by atoms with Crippen LogP contribution in [0.1, 0.15) is 15.9 Å². The summed E-state index contributed by atoms with van der Waals surface area (Å²) >= 11 is 0. The van der Waals surface area contributed by atoms with Gasteiger partial charge in [0.25, 0.3) is 21.6 Å². The zero-order chi connectivity index (χ0) is 17.2. The first-order valence-corrected chi connectivity index (χ1v) is 7.87. The number of carbonyl (C=O) groups excluding carboxylic acids is 1. The summed E-state index contributed by atoms with van der Waals surface area (Å²) in [5, 5.41) is 10.8. The van der Waals surface area contributed by atoms with Gasteiger partial charge in [0.2, 0.25) is 0 Å². The Morgan fingerprint density at radius 1 is 1.22 bits per heavy atom. The number of nitro benzene ring substituents is 1. The molecule has 2 rings (SSSR count). The van der Waals surface area contributed by atoms with Crippen molar-refractivity contribution < 1.29 is 18.1 Å². The highest BCUT2D eigenvalue weighted by atomic mass is 32.2. The third kappa shape index (κ3) is 3.46. The van der Waals surface area contributed by atoms with E-state index < -0.39 is 20.9 Å². The molecule has 0 saturated carbocycles. The monoisotopic (exact) mass is 335 g/mol. The van der Waals surface area contributed by atoms with Crippen molar-refractivity contribution in [3.8, 4) is 0 Å². The lowest BCUT2D eigenvalue weighted by Gasteiger charge is -2.11. The van der Waals surface area contributed by atoms with E-state index in [4.69, 9.17) is 5.73 Å². The Bertz CT molecular complexity index is 893. The van der Waals surface area contributed by atoms with Crippen LogP contribution >= 0.6 is 0 Å². The smallest absolute Gasteiger partial charge is 0.272 e. The molecule has 0 bridgehead atoms. The van der Waals surface area contributed by atoms with Gasteiger partial charge in [-0.05, 0) is 31.2 Å². The zero-order valence-electron chi connectivity index (χ0n) is 12.0. The second kappa shape index (κ2) is 6.05. The van der Waals surface area contributed by atoms with Crippen molar-refractivity contribution >= 4 is 27.3 Å². The van der Waals surface area contributed by atoms with Crippen LogP contribution in [0, 0.1) is 17.0 Å². The Hall–Kier alpha value is -2.94. The van der Waals surface area contributed by atoms with Gasteiger partial charge in [-0.25, -0.2) is 8.42 Å². The number of nitro groups is 1. The Morgan fingerprint density at radius 2 is 1.87 bits per heavy atom. The number of para-hydroxylation sites is 1. The van der Waals surface area contributed by atoms with Gasteiger partial charge in [0.15, 0.2) is 0 Å². The largest absolute Gasteiger partial charge is 0.366 e. The van der Waals surface area contributed by atoms with Crippen molar-refractivity contribution in [2.24, 2.45) is 5.73 Å². The lowest BCUT2D eigenvalue weighted by molar-refractivity contribution is -0.385. The van der Waals surface area contributed by atoms with Gasteiger partial charge in [-0.15, -0.1) is 0 Å². The zero-order valence-corrected chi connectivity index (χ0v) is 12.8. The molecule has 0 fully saturated rings. The number of hydrogen-bond donors (Lipinski definition) is 2. The van der Waals surface area contributed by atoms with E-state index in [-0.39, 0.29) is 27.4 Å². The molecule has 0 saturated heterocycles. The molecule has 23 heavy (non-hydrogen) atoms. The van der Waals surface area contributed by atoms with Crippen molar-refractivity contribution in [1.82, 2.24) is 0 Å². The van der Waals surface area contributed by atoms with E-state index in [0.29, 0.717) is 0 Å². The summed E-state index contributed by atoms with van der Waals surface area (Å²) < 4.78 is 27.0. The molecule has 0 heterocycles. The van der Waals surface area contributed by atoms with Crippen LogP contribution in [0.5, 0.6) is 0 Å². The number of carbonyl (C=O) groups is 1. The summed E-state index contributed by atoms with van der Waals surface area (Å²) in [5.74, 6) is -0.775. The van der Waals surface area contributed by atoms with Gasteiger partial charge in [-0.3, -0.25) is 19.6 Å². The number of sulfonamides is 1. The van der Waals surface area contributed by atoms with Crippen LogP contribution in [0.4, 0.5) is 11.4 Å². The third-order valence-corrected chi connectivity index (χ3v) is 4.48. The number of aryl methyl sites for hydroxylation is 1. The predicted molar refractivity (Wildman–Crippen MR) is 83.6 cm³/mol. The van der Waals surface area contributed by atoms with Crippen molar-refractivity contribution in [1.29, 1.82) is 0 Å². The normalized spacial score (nSPS) is 11.0. The maximum Gasteiger partial charge on any atom is 0.272 e. The summed E-state index contributed by atoms with van der Waals surface area (Å²) in [6.07, 6.45) is 0. The molecule has 0 aliphatic carbocycles. The molecule has 3 N–H and O–H groups in total. The molecule has 120 valence electrons. The lowest BCUT2D eigenvalue weighted by atomic mass is 10.2. The Morgan fingerprint density at radius 3 is 2.43 bits per heavy atom. The molecular formula is C14H13N3O5S. The van der Waals surface area contributed by atoms with Gasteiger partial charge in [0, 0.05) is 11.6 Å². The molecule has 0 atom stereocenters. The second-order valence-electron chi connectivity index (χ2n) is 4.72. The molecule has 8 nitrogen and oxygen atoms in total. The number of nitrogens with zero attached hydrogens (tertiary/aromatic N) is 1. The summed E-state index contributed by atoms with van der Waals surface area (Å²) in [4.78, 5) is 21.4. The molecule has 0 aromatic heterocycles.